The van der Waals surface area contributed by atoms with Crippen molar-refractivity contribution >= 4 is 23.2 Å². The highest BCUT2D eigenvalue weighted by Crippen LogP contribution is 2.34. The van der Waals surface area contributed by atoms with Crippen LogP contribution in [0.2, 0.25) is 5.02 Å². The van der Waals surface area contributed by atoms with Crippen LogP contribution < -0.4 is 14.8 Å². The van der Waals surface area contributed by atoms with Gasteiger partial charge < -0.3 is 15.3 Å². The molecule has 0 saturated carbocycles. The Morgan fingerprint density at radius 1 is 1.06 bits per heavy atom. The average Bonchev–Trinajstić information content (AvgIpc) is 2.80. The van der Waals surface area contributed by atoms with Crippen LogP contribution in [0.3, 0.4) is 0 Å². The molecule has 6 heteroatoms. The maximum Gasteiger partial charge on any atom is 0.266 e. The van der Waals surface area contributed by atoms with Gasteiger partial charge >= 0.3 is 0 Å². The lowest BCUT2D eigenvalue weighted by Crippen LogP contribution is -2.36. The van der Waals surface area contributed by atoms with Crippen molar-refractivity contribution in [3.63, 3.8) is 0 Å². The quantitative estimate of drug-likeness (QED) is 0.331. The molecule has 32 heavy (non-hydrogen) atoms. The second-order valence-electron chi connectivity index (χ2n) is 7.61. The van der Waals surface area contributed by atoms with E-state index >= 15 is 0 Å². The molecule has 0 saturated heterocycles. The van der Waals surface area contributed by atoms with Gasteiger partial charge in [0.2, 0.25) is 5.69 Å². The smallest absolute Gasteiger partial charge is 0.266 e. The Hall–Kier alpha value is -3.05. The van der Waals surface area contributed by atoms with Crippen LogP contribution in [-0.2, 0) is 12.8 Å². The predicted octanol–water partition coefficient (Wildman–Crippen LogP) is 6.11. The topological polar surface area (TPSA) is 65.3 Å². The highest BCUT2D eigenvalue weighted by atomic mass is 35.5. The summed E-state index contributed by atoms with van der Waals surface area (Å²) >= 11 is 6.45. The van der Waals surface area contributed by atoms with Gasteiger partial charge in [0.25, 0.3) is 5.91 Å². The van der Waals surface area contributed by atoms with E-state index in [1.165, 1.54) is 0 Å². The summed E-state index contributed by atoms with van der Waals surface area (Å²) < 4.78 is 6.69. The fourth-order valence-corrected chi connectivity index (χ4v) is 3.96. The van der Waals surface area contributed by atoms with Gasteiger partial charge in [0.15, 0.2) is 11.3 Å². The summed E-state index contributed by atoms with van der Waals surface area (Å²) in [4.78, 5) is 13.7. The molecule has 0 spiro atoms. The van der Waals surface area contributed by atoms with Gasteiger partial charge in [-0.05, 0) is 42.5 Å². The van der Waals surface area contributed by atoms with Crippen molar-refractivity contribution < 1.29 is 14.3 Å². The zero-order valence-corrected chi connectivity index (χ0v) is 19.8. The minimum absolute atomic E-state index is 0.181. The van der Waals surface area contributed by atoms with Crippen LogP contribution in [0.15, 0.2) is 48.5 Å². The highest BCUT2D eigenvalue weighted by molar-refractivity contribution is 6.33. The van der Waals surface area contributed by atoms with Crippen molar-refractivity contribution in [3.05, 3.63) is 81.1 Å². The van der Waals surface area contributed by atoms with Gasteiger partial charge in [-0.2, -0.15) is 4.73 Å². The first-order valence-electron chi connectivity index (χ1n) is 11.0. The molecule has 1 heterocycles. The van der Waals surface area contributed by atoms with E-state index in [1.807, 2.05) is 39.0 Å². The van der Waals surface area contributed by atoms with E-state index in [0.717, 1.165) is 40.8 Å². The summed E-state index contributed by atoms with van der Waals surface area (Å²) in [5.41, 5.74) is 4.13. The Bertz CT molecular complexity index is 1110. The Balaban J connectivity index is 2.23. The number of amides is 1. The van der Waals surface area contributed by atoms with E-state index in [2.05, 4.69) is 5.32 Å². The van der Waals surface area contributed by atoms with Crippen LogP contribution in [0, 0.1) is 12.1 Å². The number of ether oxygens (including phenoxy) is 1. The molecule has 2 aromatic carbocycles. The van der Waals surface area contributed by atoms with Crippen LogP contribution in [0.1, 0.15) is 54.4 Å². The van der Waals surface area contributed by atoms with Gasteiger partial charge in [-0.3, -0.25) is 4.79 Å². The largest absolute Gasteiger partial charge is 0.618 e. The van der Waals surface area contributed by atoms with Crippen LogP contribution in [0.5, 0.6) is 5.75 Å². The Morgan fingerprint density at radius 3 is 2.31 bits per heavy atom. The monoisotopic (exact) mass is 452 g/mol. The molecule has 0 radical (unpaired) electrons. The van der Waals surface area contributed by atoms with Gasteiger partial charge in [-0.1, -0.05) is 62.7 Å². The maximum absolute atomic E-state index is 13.7. The van der Waals surface area contributed by atoms with Gasteiger partial charge in [0.1, 0.15) is 5.75 Å². The van der Waals surface area contributed by atoms with E-state index in [-0.39, 0.29) is 11.3 Å². The first-order valence-corrected chi connectivity index (χ1v) is 11.4. The number of nitrogens with one attached hydrogen (secondary N) is 1. The number of carbonyl (C=O) groups excluding carboxylic acids is 1. The van der Waals surface area contributed by atoms with Gasteiger partial charge in [-0.15, -0.1) is 0 Å². The number of rotatable bonds is 8. The number of nitrogens with zero attached hydrogens (tertiary/aromatic N) is 1. The predicted molar refractivity (Wildman–Crippen MR) is 130 cm³/mol. The van der Waals surface area contributed by atoms with Crippen LogP contribution in [-0.4, -0.2) is 12.5 Å². The third kappa shape index (κ3) is 4.73. The molecule has 0 aliphatic rings. The summed E-state index contributed by atoms with van der Waals surface area (Å²) in [6.45, 7) is 8.20. The first-order chi connectivity index (χ1) is 15.4. The van der Waals surface area contributed by atoms with Crippen molar-refractivity contribution in [3.8, 4) is 17.0 Å². The molecule has 0 aliphatic carbocycles. The minimum atomic E-state index is -0.397. The van der Waals surface area contributed by atoms with E-state index < -0.39 is 5.91 Å². The average molecular weight is 453 g/mol. The van der Waals surface area contributed by atoms with Crippen molar-refractivity contribution in [1.82, 2.24) is 0 Å². The lowest BCUT2D eigenvalue weighted by Gasteiger charge is -2.19. The van der Waals surface area contributed by atoms with E-state index in [4.69, 9.17) is 16.3 Å². The molecule has 5 nitrogen and oxygen atoms in total. The molecule has 1 amide bonds. The number of anilines is 1. The molecule has 3 aromatic rings. The zero-order valence-electron chi connectivity index (χ0n) is 19.0. The second-order valence-corrected chi connectivity index (χ2v) is 8.02. The molecule has 1 N–H and O–H groups in total. The van der Waals surface area contributed by atoms with E-state index in [1.54, 1.807) is 37.3 Å². The molecule has 0 atom stereocenters. The highest BCUT2D eigenvalue weighted by Gasteiger charge is 2.30. The molecule has 3 rings (SSSR count). The normalized spacial score (nSPS) is 10.8. The molecular formula is C26H29ClN2O3. The lowest BCUT2D eigenvalue weighted by atomic mass is 10.0. The summed E-state index contributed by atoms with van der Waals surface area (Å²) in [7, 11) is 0. The number of hydrogen-bond donors (Lipinski definition) is 1. The first kappa shape index (κ1) is 23.6. The third-order valence-electron chi connectivity index (χ3n) is 5.40. The molecule has 0 aliphatic heterocycles. The van der Waals surface area contributed by atoms with Crippen molar-refractivity contribution in [2.45, 2.75) is 47.0 Å². The Kier molecular flexibility index (Phi) is 7.75. The van der Waals surface area contributed by atoms with Crippen LogP contribution >= 0.6 is 11.6 Å². The minimum Gasteiger partial charge on any atom is -0.618 e. The summed E-state index contributed by atoms with van der Waals surface area (Å²) in [5.74, 6) is -0.0258. The number of para-hydroxylation sites is 1. The lowest BCUT2D eigenvalue weighted by molar-refractivity contribution is -0.600. The number of pyridine rings is 1. The Morgan fingerprint density at radius 2 is 1.72 bits per heavy atom. The number of aryl methyl sites for hydroxylation is 3. The summed E-state index contributed by atoms with van der Waals surface area (Å²) in [6, 6.07) is 14.6. The summed E-state index contributed by atoms with van der Waals surface area (Å²) in [6.07, 6.45) is 2.32. The SMILES string of the molecule is CCCOc1cc(C)[n+]([O-])c(-c2ccccc2Cl)c1C(=O)Nc1c(CC)cccc1CC. The number of carbonyl (C=O) groups is 1. The molecule has 1 aromatic heterocycles. The number of benzene rings is 2. The molecule has 0 bridgehead atoms. The third-order valence-corrected chi connectivity index (χ3v) is 5.73. The van der Waals surface area contributed by atoms with Crippen LogP contribution in [0.25, 0.3) is 11.3 Å². The van der Waals surface area contributed by atoms with Gasteiger partial charge in [0.05, 0.1) is 17.2 Å². The maximum atomic E-state index is 13.7. The fraction of sp³-hybridized carbons (Fsp3) is 0.308. The molecule has 168 valence electrons. The molecule has 0 unspecified atom stereocenters. The fourth-order valence-electron chi connectivity index (χ4n) is 3.74. The standard InChI is InChI=1S/C26H29ClN2O3/c1-5-15-32-22-16-17(4)29(31)25(20-13-8-9-14-21(20)27)23(22)26(30)28-24-18(6-2)11-10-12-19(24)7-3/h8-14,16H,5-7,15H2,1-4H3,(H,28,30). The molecule has 0 fully saturated rings. The van der Waals surface area contributed by atoms with E-state index in [0.29, 0.717) is 28.6 Å². The van der Waals surface area contributed by atoms with Crippen molar-refractivity contribution in [1.29, 1.82) is 0 Å². The Labute approximate surface area is 194 Å². The van der Waals surface area contributed by atoms with E-state index in [9.17, 15) is 10.0 Å². The summed E-state index contributed by atoms with van der Waals surface area (Å²) in [5, 5.41) is 16.7. The van der Waals surface area contributed by atoms with Crippen LogP contribution in [0.4, 0.5) is 5.69 Å². The number of halogens is 1. The van der Waals surface area contributed by atoms with Crippen molar-refractivity contribution in [2.75, 3.05) is 11.9 Å². The number of aromatic nitrogens is 1. The second kappa shape index (κ2) is 10.5. The van der Waals surface area contributed by atoms with Gasteiger partial charge in [-0.25, -0.2) is 0 Å². The van der Waals surface area contributed by atoms with Crippen molar-refractivity contribution in [2.24, 2.45) is 0 Å². The zero-order chi connectivity index (χ0) is 23.3. The van der Waals surface area contributed by atoms with Gasteiger partial charge in [0, 0.05) is 18.7 Å². The number of hydrogen-bond acceptors (Lipinski definition) is 3. The molecular weight excluding hydrogens is 424 g/mol.